The lowest BCUT2D eigenvalue weighted by Crippen LogP contribution is -2.24. The highest BCUT2D eigenvalue weighted by molar-refractivity contribution is 5.84. The second-order valence-electron chi connectivity index (χ2n) is 7.00. The summed E-state index contributed by atoms with van der Waals surface area (Å²) in [6.07, 6.45) is 1.35. The van der Waals surface area contributed by atoms with Gasteiger partial charge >= 0.3 is 0 Å². The number of carbonyl (C=O) groups excluding carboxylic acids is 1. The molecule has 1 aromatic heterocycles. The lowest BCUT2D eigenvalue weighted by Gasteiger charge is -2.06. The number of carbonyl (C=O) groups is 1. The van der Waals surface area contributed by atoms with Gasteiger partial charge in [0.1, 0.15) is 17.3 Å². The molecule has 160 valence electrons. The predicted molar refractivity (Wildman–Crippen MR) is 121 cm³/mol. The fraction of sp³-hybridized carbons (Fsp3) is 0.0833. The minimum absolute atomic E-state index is 0.0211. The van der Waals surface area contributed by atoms with E-state index in [9.17, 15) is 14.9 Å². The van der Waals surface area contributed by atoms with Gasteiger partial charge in [-0.05, 0) is 42.0 Å². The number of nitrogens with one attached hydrogen (secondary N) is 1. The molecule has 1 amide bonds. The Bertz CT molecular complexity index is 1330. The number of amides is 1. The molecule has 0 radical (unpaired) electrons. The van der Waals surface area contributed by atoms with Crippen molar-refractivity contribution in [2.24, 2.45) is 5.10 Å². The van der Waals surface area contributed by atoms with E-state index in [4.69, 9.17) is 9.15 Å². The molecule has 3 aromatic carbocycles. The first-order valence-corrected chi connectivity index (χ1v) is 9.79. The Kier molecular flexibility index (Phi) is 5.94. The number of rotatable bonds is 7. The van der Waals surface area contributed by atoms with E-state index in [1.165, 1.54) is 12.3 Å². The number of hydrogen-bond donors (Lipinski definition) is 1. The summed E-state index contributed by atoms with van der Waals surface area (Å²) in [5, 5.41) is 17.1. The molecule has 32 heavy (non-hydrogen) atoms. The van der Waals surface area contributed by atoms with Crippen molar-refractivity contribution in [2.75, 3.05) is 6.61 Å². The molecule has 0 saturated heterocycles. The van der Waals surface area contributed by atoms with Gasteiger partial charge in [-0.2, -0.15) is 5.10 Å². The van der Waals surface area contributed by atoms with E-state index in [1.54, 1.807) is 37.3 Å². The molecule has 0 aliphatic rings. The quantitative estimate of drug-likeness (QED) is 0.257. The fourth-order valence-corrected chi connectivity index (χ4v) is 3.26. The van der Waals surface area contributed by atoms with E-state index in [-0.39, 0.29) is 12.3 Å². The van der Waals surface area contributed by atoms with Gasteiger partial charge in [0.05, 0.1) is 11.1 Å². The minimum Gasteiger partial charge on any atom is -0.484 e. The maximum Gasteiger partial charge on any atom is 0.277 e. The topological polar surface area (TPSA) is 107 Å². The van der Waals surface area contributed by atoms with Gasteiger partial charge < -0.3 is 9.15 Å². The predicted octanol–water partition coefficient (Wildman–Crippen LogP) is 4.85. The van der Waals surface area contributed by atoms with Gasteiger partial charge in [0.2, 0.25) is 0 Å². The van der Waals surface area contributed by atoms with Crippen molar-refractivity contribution >= 4 is 28.6 Å². The van der Waals surface area contributed by atoms with Crippen LogP contribution >= 0.6 is 0 Å². The third-order valence-electron chi connectivity index (χ3n) is 4.87. The number of fused-ring (bicyclic) bond motifs is 1. The fourth-order valence-electron chi connectivity index (χ4n) is 3.26. The van der Waals surface area contributed by atoms with Gasteiger partial charge in [-0.25, -0.2) is 5.43 Å². The molecule has 0 unspecified atom stereocenters. The summed E-state index contributed by atoms with van der Waals surface area (Å²) in [6.45, 7) is 1.48. The lowest BCUT2D eigenvalue weighted by atomic mass is 10.1. The molecule has 4 rings (SSSR count). The third-order valence-corrected chi connectivity index (χ3v) is 4.87. The van der Waals surface area contributed by atoms with Crippen LogP contribution < -0.4 is 10.2 Å². The summed E-state index contributed by atoms with van der Waals surface area (Å²) >= 11 is 0. The molecular formula is C24H19N3O5. The molecule has 1 heterocycles. The van der Waals surface area contributed by atoms with Crippen LogP contribution in [0, 0.1) is 17.0 Å². The third kappa shape index (κ3) is 4.65. The molecule has 0 atom stereocenters. The summed E-state index contributed by atoms with van der Waals surface area (Å²) in [6, 6.07) is 21.6. The zero-order chi connectivity index (χ0) is 22.5. The number of hydrogen-bond acceptors (Lipinski definition) is 6. The Labute approximate surface area is 183 Å². The van der Waals surface area contributed by atoms with E-state index in [1.807, 2.05) is 36.4 Å². The molecular weight excluding hydrogens is 410 g/mol. The average Bonchev–Trinajstić information content (AvgIpc) is 3.26. The highest BCUT2D eigenvalue weighted by Gasteiger charge is 2.16. The van der Waals surface area contributed by atoms with Gasteiger partial charge in [0, 0.05) is 17.2 Å². The van der Waals surface area contributed by atoms with Crippen LogP contribution in [0.4, 0.5) is 5.69 Å². The van der Waals surface area contributed by atoms with Crippen LogP contribution in [0.1, 0.15) is 11.3 Å². The SMILES string of the molecule is Cc1c(-c2ccc(/C=N\NC(=O)COc3ccc4ccccc4c3)o2)cccc1[N+](=O)[O-]. The Morgan fingerprint density at radius 3 is 2.72 bits per heavy atom. The maximum absolute atomic E-state index is 12.0. The summed E-state index contributed by atoms with van der Waals surface area (Å²) in [5.74, 6) is 1.03. The summed E-state index contributed by atoms with van der Waals surface area (Å²) in [5.41, 5.74) is 3.53. The largest absolute Gasteiger partial charge is 0.484 e. The smallest absolute Gasteiger partial charge is 0.277 e. The average molecular weight is 429 g/mol. The number of nitro benzene ring substituents is 1. The summed E-state index contributed by atoms with van der Waals surface area (Å²) < 4.78 is 11.2. The number of benzene rings is 3. The second-order valence-corrected chi connectivity index (χ2v) is 7.00. The van der Waals surface area contributed by atoms with Crippen molar-refractivity contribution in [3.63, 3.8) is 0 Å². The van der Waals surface area contributed by atoms with Crippen molar-refractivity contribution < 1.29 is 18.9 Å². The highest BCUT2D eigenvalue weighted by Crippen LogP contribution is 2.30. The van der Waals surface area contributed by atoms with Gasteiger partial charge in [-0.3, -0.25) is 14.9 Å². The number of hydrazone groups is 1. The lowest BCUT2D eigenvalue weighted by molar-refractivity contribution is -0.385. The van der Waals surface area contributed by atoms with Gasteiger partial charge in [-0.15, -0.1) is 0 Å². The molecule has 0 saturated carbocycles. The highest BCUT2D eigenvalue weighted by atomic mass is 16.6. The van der Waals surface area contributed by atoms with Crippen LogP contribution in [-0.2, 0) is 4.79 Å². The number of nitrogens with zero attached hydrogens (tertiary/aromatic N) is 2. The molecule has 8 nitrogen and oxygen atoms in total. The molecule has 0 aliphatic heterocycles. The zero-order valence-electron chi connectivity index (χ0n) is 17.1. The standard InChI is InChI=1S/C24H19N3O5/c1-16-21(7-4-8-22(16)27(29)30)23-12-11-20(32-23)14-25-26-24(28)15-31-19-10-9-17-5-2-3-6-18(17)13-19/h2-14H,15H2,1H3,(H,26,28)/b25-14-. The van der Waals surface area contributed by atoms with Crippen molar-refractivity contribution in [3.8, 4) is 17.1 Å². The number of nitro groups is 1. The Hall–Kier alpha value is -4.46. The van der Waals surface area contributed by atoms with Crippen LogP contribution in [-0.4, -0.2) is 23.7 Å². The van der Waals surface area contributed by atoms with E-state index in [0.717, 1.165) is 10.8 Å². The summed E-state index contributed by atoms with van der Waals surface area (Å²) in [7, 11) is 0. The van der Waals surface area contributed by atoms with Crippen LogP contribution in [0.2, 0.25) is 0 Å². The van der Waals surface area contributed by atoms with Crippen molar-refractivity contribution in [2.45, 2.75) is 6.92 Å². The molecule has 0 bridgehead atoms. The monoisotopic (exact) mass is 429 g/mol. The van der Waals surface area contributed by atoms with E-state index < -0.39 is 10.8 Å². The van der Waals surface area contributed by atoms with Crippen LogP contribution in [0.15, 0.2) is 82.3 Å². The molecule has 0 aliphatic carbocycles. The van der Waals surface area contributed by atoms with Gasteiger partial charge in [-0.1, -0.05) is 42.5 Å². The van der Waals surface area contributed by atoms with Crippen LogP contribution in [0.25, 0.3) is 22.1 Å². The first-order chi connectivity index (χ1) is 15.5. The molecule has 0 spiro atoms. The van der Waals surface area contributed by atoms with Gasteiger partial charge in [0.15, 0.2) is 6.61 Å². The Morgan fingerprint density at radius 2 is 1.91 bits per heavy atom. The van der Waals surface area contributed by atoms with Crippen molar-refractivity contribution in [1.29, 1.82) is 0 Å². The van der Waals surface area contributed by atoms with Crippen LogP contribution in [0.5, 0.6) is 5.75 Å². The number of ether oxygens (including phenoxy) is 1. The molecule has 8 heteroatoms. The second kappa shape index (κ2) is 9.13. The zero-order valence-corrected chi connectivity index (χ0v) is 17.1. The minimum atomic E-state index is -0.431. The normalized spacial score (nSPS) is 11.0. The Balaban J connectivity index is 1.34. The molecule has 1 N–H and O–H groups in total. The Morgan fingerprint density at radius 1 is 1.09 bits per heavy atom. The molecule has 4 aromatic rings. The van der Waals surface area contributed by atoms with E-state index in [2.05, 4.69) is 10.5 Å². The van der Waals surface area contributed by atoms with Gasteiger partial charge in [0.25, 0.3) is 11.6 Å². The maximum atomic E-state index is 12.0. The van der Waals surface area contributed by atoms with Crippen LogP contribution in [0.3, 0.4) is 0 Å². The van der Waals surface area contributed by atoms with Crippen molar-refractivity contribution in [1.82, 2.24) is 5.43 Å². The van der Waals surface area contributed by atoms with Crippen molar-refractivity contribution in [3.05, 3.63) is 94.2 Å². The van der Waals surface area contributed by atoms with E-state index in [0.29, 0.717) is 28.4 Å². The first-order valence-electron chi connectivity index (χ1n) is 9.79. The van der Waals surface area contributed by atoms with E-state index >= 15 is 0 Å². The number of furan rings is 1. The molecule has 0 fully saturated rings. The summed E-state index contributed by atoms with van der Waals surface area (Å²) in [4.78, 5) is 22.7. The first kappa shape index (κ1) is 20.8.